The summed E-state index contributed by atoms with van der Waals surface area (Å²) in [4.78, 5) is 38.3. The average Bonchev–Trinajstić information content (AvgIpc) is 2.61. The molecule has 0 saturated carbocycles. The molecule has 0 radical (unpaired) electrons. The molecule has 0 spiro atoms. The molecule has 1 fully saturated rings. The van der Waals surface area contributed by atoms with E-state index < -0.39 is 17.5 Å². The van der Waals surface area contributed by atoms with Gasteiger partial charge in [-0.3, -0.25) is 9.59 Å². The predicted molar refractivity (Wildman–Crippen MR) is 87.2 cm³/mol. The third-order valence-corrected chi connectivity index (χ3v) is 4.34. The highest BCUT2D eigenvalue weighted by atomic mass is 16.6. The summed E-state index contributed by atoms with van der Waals surface area (Å²) in [5, 5.41) is 0. The van der Waals surface area contributed by atoms with Crippen molar-refractivity contribution in [3.05, 3.63) is 35.9 Å². The number of Topliss-reactive ketones (excluding diaryl/α,β-unsaturated/α-hetero) is 1. The van der Waals surface area contributed by atoms with Gasteiger partial charge in [-0.05, 0) is 18.9 Å². The molecule has 2 rings (SSSR count). The van der Waals surface area contributed by atoms with E-state index in [0.29, 0.717) is 6.42 Å². The summed E-state index contributed by atoms with van der Waals surface area (Å²) in [6, 6.07) is 9.34. The Kier molecular flexibility index (Phi) is 5.95. The number of benzene rings is 1. The second kappa shape index (κ2) is 7.95. The summed E-state index contributed by atoms with van der Waals surface area (Å²) >= 11 is 0. The number of rotatable bonds is 5. The fraction of sp³-hybridized carbons (Fsp3) is 0.500. The van der Waals surface area contributed by atoms with Crippen molar-refractivity contribution in [2.45, 2.75) is 33.3 Å². The zero-order chi connectivity index (χ0) is 17.6. The topological polar surface area (TPSA) is 72.9 Å². The number of hydrogen-bond donors (Lipinski definition) is 0. The van der Waals surface area contributed by atoms with Crippen LogP contribution in [0, 0.1) is 5.41 Å². The highest BCUT2D eigenvalue weighted by Crippen LogP contribution is 2.32. The number of piperidine rings is 1. The van der Waals surface area contributed by atoms with Gasteiger partial charge in [0.1, 0.15) is 12.0 Å². The van der Waals surface area contributed by atoms with E-state index in [9.17, 15) is 14.4 Å². The maximum absolute atomic E-state index is 12.3. The number of nitrogens with zero attached hydrogens (tertiary/aromatic N) is 1. The Bertz CT molecular complexity index is 601. The lowest BCUT2D eigenvalue weighted by Crippen LogP contribution is -2.55. The second-order valence-electron chi connectivity index (χ2n) is 5.79. The van der Waals surface area contributed by atoms with Crippen LogP contribution in [0.25, 0.3) is 0 Å². The predicted octanol–water partition coefficient (Wildman–Crippen LogP) is 2.56. The molecule has 0 bridgehead atoms. The second-order valence-corrected chi connectivity index (χ2v) is 5.79. The highest BCUT2D eigenvalue weighted by molar-refractivity contribution is 6.05. The first-order chi connectivity index (χ1) is 11.5. The minimum Gasteiger partial charge on any atom is -0.465 e. The molecule has 1 aromatic rings. The molecule has 1 amide bonds. The van der Waals surface area contributed by atoms with Crippen molar-refractivity contribution in [1.82, 2.24) is 4.90 Å². The minimum absolute atomic E-state index is 0.00872. The van der Waals surface area contributed by atoms with E-state index in [-0.39, 0.29) is 38.5 Å². The van der Waals surface area contributed by atoms with Gasteiger partial charge in [-0.2, -0.15) is 0 Å². The van der Waals surface area contributed by atoms with Crippen LogP contribution in [0.4, 0.5) is 4.79 Å². The Morgan fingerprint density at radius 2 is 1.88 bits per heavy atom. The van der Waals surface area contributed by atoms with Gasteiger partial charge in [-0.25, -0.2) is 4.79 Å². The van der Waals surface area contributed by atoms with Crippen LogP contribution < -0.4 is 0 Å². The first kappa shape index (κ1) is 18.0. The van der Waals surface area contributed by atoms with E-state index in [0.717, 1.165) is 5.56 Å². The number of hydrogen-bond acceptors (Lipinski definition) is 5. The van der Waals surface area contributed by atoms with Crippen molar-refractivity contribution in [3.8, 4) is 0 Å². The van der Waals surface area contributed by atoms with Crippen molar-refractivity contribution >= 4 is 17.8 Å². The van der Waals surface area contributed by atoms with E-state index in [2.05, 4.69) is 0 Å². The third-order valence-electron chi connectivity index (χ3n) is 4.34. The maximum atomic E-state index is 12.3. The van der Waals surface area contributed by atoms with Crippen LogP contribution in [0.15, 0.2) is 30.3 Å². The average molecular weight is 333 g/mol. The van der Waals surface area contributed by atoms with E-state index in [4.69, 9.17) is 9.47 Å². The normalized spacial score (nSPS) is 20.6. The summed E-state index contributed by atoms with van der Waals surface area (Å²) in [5.74, 6) is -0.728. The van der Waals surface area contributed by atoms with Crippen molar-refractivity contribution in [3.63, 3.8) is 0 Å². The Morgan fingerprint density at radius 3 is 2.50 bits per heavy atom. The van der Waals surface area contributed by atoms with E-state index >= 15 is 0 Å². The number of carbonyl (C=O) groups excluding carboxylic acids is 3. The first-order valence-corrected chi connectivity index (χ1v) is 8.19. The van der Waals surface area contributed by atoms with Crippen LogP contribution in [0.3, 0.4) is 0 Å². The summed E-state index contributed by atoms with van der Waals surface area (Å²) in [7, 11) is 0. The minimum atomic E-state index is -1.28. The van der Waals surface area contributed by atoms with E-state index in [1.54, 1.807) is 13.8 Å². The first-order valence-electron chi connectivity index (χ1n) is 8.19. The Hall–Kier alpha value is -2.37. The van der Waals surface area contributed by atoms with Crippen molar-refractivity contribution in [1.29, 1.82) is 0 Å². The molecule has 1 aromatic carbocycles. The van der Waals surface area contributed by atoms with Gasteiger partial charge >= 0.3 is 12.1 Å². The fourth-order valence-corrected chi connectivity index (χ4v) is 2.84. The molecule has 24 heavy (non-hydrogen) atoms. The molecule has 1 aliphatic rings. The van der Waals surface area contributed by atoms with Crippen molar-refractivity contribution < 1.29 is 23.9 Å². The zero-order valence-electron chi connectivity index (χ0n) is 14.1. The van der Waals surface area contributed by atoms with Crippen LogP contribution in [0.1, 0.15) is 32.3 Å². The van der Waals surface area contributed by atoms with E-state index in [1.165, 1.54) is 4.90 Å². The van der Waals surface area contributed by atoms with Crippen LogP contribution in [0.5, 0.6) is 0 Å². The number of carbonyl (C=O) groups is 3. The number of ether oxygens (including phenoxy) is 2. The van der Waals surface area contributed by atoms with Crippen LogP contribution in [-0.2, 0) is 25.7 Å². The van der Waals surface area contributed by atoms with Gasteiger partial charge in [0.25, 0.3) is 0 Å². The fourth-order valence-electron chi connectivity index (χ4n) is 2.84. The molecular formula is C18H23NO5. The SMILES string of the molecule is CCOC(=O)[C@@]1(CC)CN(C(=O)OCc2ccccc2)CCC1=O. The molecule has 0 aliphatic carbocycles. The molecule has 0 N–H and O–H groups in total. The Morgan fingerprint density at radius 1 is 1.17 bits per heavy atom. The van der Waals surface area contributed by atoms with Crippen molar-refractivity contribution in [2.24, 2.45) is 5.41 Å². The molecule has 1 saturated heterocycles. The molecule has 6 nitrogen and oxygen atoms in total. The number of esters is 1. The van der Waals surface area contributed by atoms with Gasteiger partial charge in [-0.15, -0.1) is 0 Å². The van der Waals surface area contributed by atoms with Crippen LogP contribution in [0.2, 0.25) is 0 Å². The maximum Gasteiger partial charge on any atom is 0.410 e. The monoisotopic (exact) mass is 333 g/mol. The van der Waals surface area contributed by atoms with Gasteiger partial charge in [0.05, 0.1) is 6.61 Å². The van der Waals surface area contributed by atoms with Crippen LogP contribution in [-0.4, -0.2) is 42.4 Å². The van der Waals surface area contributed by atoms with Gasteiger partial charge in [0.15, 0.2) is 5.78 Å². The van der Waals surface area contributed by atoms with Gasteiger partial charge in [0, 0.05) is 19.5 Å². The number of ketones is 1. The molecule has 1 atom stereocenters. The lowest BCUT2D eigenvalue weighted by molar-refractivity contribution is -0.163. The highest BCUT2D eigenvalue weighted by Gasteiger charge is 2.50. The molecule has 1 heterocycles. The Labute approximate surface area is 141 Å². The smallest absolute Gasteiger partial charge is 0.410 e. The lowest BCUT2D eigenvalue weighted by atomic mass is 9.76. The summed E-state index contributed by atoms with van der Waals surface area (Å²) in [6.45, 7) is 4.07. The quantitative estimate of drug-likeness (QED) is 0.611. The summed E-state index contributed by atoms with van der Waals surface area (Å²) in [5.41, 5.74) is -0.397. The van der Waals surface area contributed by atoms with Gasteiger partial charge in [0.2, 0.25) is 0 Å². The molecular weight excluding hydrogens is 310 g/mol. The molecule has 0 unspecified atom stereocenters. The van der Waals surface area contributed by atoms with Gasteiger partial charge < -0.3 is 14.4 Å². The lowest BCUT2D eigenvalue weighted by Gasteiger charge is -2.38. The van der Waals surface area contributed by atoms with E-state index in [1.807, 2.05) is 30.3 Å². The Balaban J connectivity index is 2.04. The molecule has 1 aliphatic heterocycles. The standard InChI is InChI=1S/C18H23NO5/c1-3-18(16(21)23-4-2)13-19(11-10-15(18)20)17(22)24-12-14-8-6-5-7-9-14/h5-9H,3-4,10-13H2,1-2H3/t18-/m0/s1. The molecule has 130 valence electrons. The summed E-state index contributed by atoms with van der Waals surface area (Å²) in [6.07, 6.45) is -0.0892. The molecule has 6 heteroatoms. The largest absolute Gasteiger partial charge is 0.465 e. The van der Waals surface area contributed by atoms with Crippen molar-refractivity contribution in [2.75, 3.05) is 19.7 Å². The zero-order valence-corrected chi connectivity index (χ0v) is 14.1. The molecule has 0 aromatic heterocycles. The number of likely N-dealkylation sites (tertiary alicyclic amines) is 1. The van der Waals surface area contributed by atoms with Crippen LogP contribution >= 0.6 is 0 Å². The van der Waals surface area contributed by atoms with Gasteiger partial charge in [-0.1, -0.05) is 37.3 Å². The summed E-state index contributed by atoms with van der Waals surface area (Å²) < 4.78 is 10.4. The third kappa shape index (κ3) is 3.75. The number of amides is 1.